The van der Waals surface area contributed by atoms with Crippen LogP contribution in [0.1, 0.15) is 54.0 Å². The first-order chi connectivity index (χ1) is 19.4. The number of aliphatic hydroxyl groups excluding tert-OH is 1. The van der Waals surface area contributed by atoms with Crippen LogP contribution in [-0.4, -0.2) is 60.2 Å². The highest BCUT2D eigenvalue weighted by Gasteiger charge is 2.48. The predicted octanol–water partition coefficient (Wildman–Crippen LogP) is 3.91. The van der Waals surface area contributed by atoms with Gasteiger partial charge in [0.1, 0.15) is 17.6 Å². The second kappa shape index (κ2) is 11.2. The normalized spacial score (nSPS) is 17.0. The van der Waals surface area contributed by atoms with E-state index in [1.807, 2.05) is 0 Å². The number of halogens is 4. The maximum atomic E-state index is 15.0. The van der Waals surface area contributed by atoms with Crippen molar-refractivity contribution in [2.75, 3.05) is 5.32 Å². The lowest BCUT2D eigenvalue weighted by Crippen LogP contribution is -2.50. The van der Waals surface area contributed by atoms with Gasteiger partial charge in [-0.05, 0) is 75.5 Å². The Morgan fingerprint density at radius 2 is 1.83 bits per heavy atom. The fraction of sp³-hybridized carbons (Fsp3) is 0.519. The van der Waals surface area contributed by atoms with Crippen LogP contribution in [-0.2, 0) is 11.3 Å². The molecule has 0 aromatic carbocycles. The Morgan fingerprint density at radius 1 is 1.15 bits per heavy atom. The topological polar surface area (TPSA) is 138 Å². The van der Waals surface area contributed by atoms with Crippen molar-refractivity contribution in [3.05, 3.63) is 47.4 Å². The first-order valence-electron chi connectivity index (χ1n) is 13.5. The molecule has 0 aliphatic heterocycles. The third-order valence-electron chi connectivity index (χ3n) is 7.73. The van der Waals surface area contributed by atoms with Crippen LogP contribution in [0.4, 0.5) is 23.4 Å². The molecule has 14 heteroatoms. The summed E-state index contributed by atoms with van der Waals surface area (Å²) in [6.07, 6.45) is -3.11. The number of aryl methyl sites for hydroxylation is 3. The molecule has 10 nitrogen and oxygen atoms in total. The zero-order valence-corrected chi connectivity index (χ0v) is 22.5. The van der Waals surface area contributed by atoms with Crippen LogP contribution in [0.3, 0.4) is 0 Å². The van der Waals surface area contributed by atoms with Crippen LogP contribution in [0.25, 0.3) is 11.1 Å². The number of carbonyl (C=O) groups excluding carboxylic acids is 2. The number of rotatable bonds is 11. The van der Waals surface area contributed by atoms with Crippen molar-refractivity contribution in [3.63, 3.8) is 0 Å². The number of anilines is 1. The Hall–Kier alpha value is -3.81. The maximum Gasteiger partial charge on any atom is 0.414 e. The largest absolute Gasteiger partial charge is 0.414 e. The van der Waals surface area contributed by atoms with E-state index in [1.54, 1.807) is 13.8 Å². The quantitative estimate of drug-likeness (QED) is 0.201. The number of alkyl halides is 3. The van der Waals surface area contributed by atoms with E-state index in [-0.39, 0.29) is 41.4 Å². The fourth-order valence-electron chi connectivity index (χ4n) is 5.40. The molecule has 2 atom stereocenters. The zero-order valence-electron chi connectivity index (χ0n) is 22.5. The predicted molar refractivity (Wildman–Crippen MR) is 139 cm³/mol. The van der Waals surface area contributed by atoms with Gasteiger partial charge in [0, 0.05) is 36.0 Å². The van der Waals surface area contributed by atoms with Crippen molar-refractivity contribution < 1.29 is 32.3 Å². The van der Waals surface area contributed by atoms with Gasteiger partial charge in [0.15, 0.2) is 6.10 Å². The van der Waals surface area contributed by atoms with E-state index in [4.69, 9.17) is 0 Å². The van der Waals surface area contributed by atoms with Crippen molar-refractivity contribution in [2.24, 2.45) is 17.8 Å². The van der Waals surface area contributed by atoms with E-state index in [2.05, 4.69) is 30.9 Å². The first-order valence-corrected chi connectivity index (χ1v) is 13.5. The van der Waals surface area contributed by atoms with Crippen LogP contribution in [0.2, 0.25) is 0 Å². The van der Waals surface area contributed by atoms with Crippen molar-refractivity contribution >= 4 is 17.6 Å². The molecule has 3 aromatic heterocycles. The molecule has 2 saturated carbocycles. The molecule has 3 heterocycles. The minimum Gasteiger partial charge on any atom is -0.384 e. The summed E-state index contributed by atoms with van der Waals surface area (Å²) in [6.45, 7) is 3.15. The third kappa shape index (κ3) is 6.42. The first kappa shape index (κ1) is 28.7. The molecule has 5 rings (SSSR count). The van der Waals surface area contributed by atoms with Crippen molar-refractivity contribution in [2.45, 2.75) is 70.8 Å². The van der Waals surface area contributed by atoms with Crippen molar-refractivity contribution in [1.29, 1.82) is 0 Å². The monoisotopic (exact) mass is 577 g/mol. The number of aromatic nitrogens is 5. The fourth-order valence-corrected chi connectivity index (χ4v) is 5.40. The molecule has 41 heavy (non-hydrogen) atoms. The summed E-state index contributed by atoms with van der Waals surface area (Å²) in [6, 6.07) is 3.34. The number of nitrogens with zero attached hydrogens (tertiary/aromatic N) is 4. The minimum absolute atomic E-state index is 0.0224. The molecular formula is C27H31F4N7O3. The summed E-state index contributed by atoms with van der Waals surface area (Å²) >= 11 is 0. The van der Waals surface area contributed by atoms with Gasteiger partial charge in [-0.15, -0.1) is 0 Å². The van der Waals surface area contributed by atoms with Gasteiger partial charge in [0.25, 0.3) is 5.91 Å². The molecule has 2 aliphatic carbocycles. The Bertz CT molecular complexity index is 1400. The smallest absolute Gasteiger partial charge is 0.384 e. The van der Waals surface area contributed by atoms with Crippen LogP contribution < -0.4 is 10.6 Å². The molecule has 2 unspecified atom stereocenters. The van der Waals surface area contributed by atoms with E-state index < -0.39 is 42.5 Å². The molecule has 0 radical (unpaired) electrons. The minimum atomic E-state index is -4.79. The van der Waals surface area contributed by atoms with Crippen LogP contribution in [0.15, 0.2) is 24.4 Å². The molecule has 0 bridgehead atoms. The van der Waals surface area contributed by atoms with Crippen LogP contribution in [0.5, 0.6) is 0 Å². The molecule has 2 fully saturated rings. The number of carbonyl (C=O) groups is 2. The summed E-state index contributed by atoms with van der Waals surface area (Å²) in [7, 11) is 0. The number of aromatic amines is 1. The molecule has 4 N–H and O–H groups in total. The SMILES string of the molecule is Cc1n[nH]c(C)c1-c1ccc(NC(=O)C(NC(=O)c2ccnn2CCC(O)C(F)(F)F)C(C2CC2)C2CC2)nc1F. The van der Waals surface area contributed by atoms with Crippen molar-refractivity contribution in [3.8, 4) is 11.1 Å². The Kier molecular flexibility index (Phi) is 7.86. The summed E-state index contributed by atoms with van der Waals surface area (Å²) in [5.41, 5.74) is 2.05. The number of H-pyrrole nitrogens is 1. The zero-order chi connectivity index (χ0) is 29.5. The number of hydrogen-bond acceptors (Lipinski definition) is 6. The molecule has 2 amide bonds. The second-order valence-corrected chi connectivity index (χ2v) is 10.8. The highest BCUT2D eigenvalue weighted by molar-refractivity contribution is 6.00. The maximum absolute atomic E-state index is 15.0. The second-order valence-electron chi connectivity index (χ2n) is 10.8. The van der Waals surface area contributed by atoms with Crippen LogP contribution >= 0.6 is 0 Å². The van der Waals surface area contributed by atoms with Gasteiger partial charge in [0.05, 0.1) is 5.69 Å². The molecule has 2 aliphatic rings. The van der Waals surface area contributed by atoms with Gasteiger partial charge in [-0.2, -0.15) is 27.8 Å². The molecule has 220 valence electrons. The van der Waals surface area contributed by atoms with Gasteiger partial charge in [0.2, 0.25) is 11.9 Å². The van der Waals surface area contributed by atoms with E-state index in [0.717, 1.165) is 30.4 Å². The average molecular weight is 578 g/mol. The average Bonchev–Trinajstić information content (AvgIpc) is 3.84. The Balaban J connectivity index is 1.34. The summed E-state index contributed by atoms with van der Waals surface area (Å²) in [5, 5.41) is 25.6. The van der Waals surface area contributed by atoms with Gasteiger partial charge in [-0.3, -0.25) is 19.4 Å². The Labute approximate surface area is 232 Å². The molecule has 0 saturated heterocycles. The van der Waals surface area contributed by atoms with Crippen LogP contribution in [0, 0.1) is 37.5 Å². The number of aliphatic hydroxyl groups is 1. The highest BCUT2D eigenvalue weighted by atomic mass is 19.4. The van der Waals surface area contributed by atoms with E-state index >= 15 is 4.39 Å². The summed E-state index contributed by atoms with van der Waals surface area (Å²) in [5.74, 6) is -1.73. The standard InChI is InChI=1S/C27H31F4N7O3/c1-13-21(14(2)37-36-13)17-7-8-20(33-24(17)28)34-26(41)23(22(15-3-4-15)16-5-6-16)35-25(40)18-9-11-32-38(18)12-10-19(39)27(29,30)31/h7-9,11,15-16,19,22-23,39H,3-6,10,12H2,1-2H3,(H,35,40)(H,36,37)(H,33,34,41). The number of amides is 2. The van der Waals surface area contributed by atoms with E-state index in [9.17, 15) is 27.9 Å². The number of hydrogen-bond donors (Lipinski definition) is 4. The van der Waals surface area contributed by atoms with Gasteiger partial charge in [-0.1, -0.05) is 0 Å². The molecule has 3 aromatic rings. The Morgan fingerprint density at radius 3 is 2.39 bits per heavy atom. The molecule has 0 spiro atoms. The lowest BCUT2D eigenvalue weighted by molar-refractivity contribution is -0.206. The third-order valence-corrected chi connectivity index (χ3v) is 7.73. The van der Waals surface area contributed by atoms with E-state index in [1.165, 1.54) is 24.4 Å². The van der Waals surface area contributed by atoms with Gasteiger partial charge >= 0.3 is 6.18 Å². The number of nitrogens with one attached hydrogen (secondary N) is 3. The lowest BCUT2D eigenvalue weighted by Gasteiger charge is -2.27. The van der Waals surface area contributed by atoms with Crippen molar-refractivity contribution in [1.82, 2.24) is 30.3 Å². The number of pyridine rings is 1. The van der Waals surface area contributed by atoms with E-state index in [0.29, 0.717) is 17.0 Å². The summed E-state index contributed by atoms with van der Waals surface area (Å²) in [4.78, 5) is 30.8. The highest BCUT2D eigenvalue weighted by Crippen LogP contribution is 2.51. The van der Waals surface area contributed by atoms with Gasteiger partial charge < -0.3 is 15.7 Å². The van der Waals surface area contributed by atoms with Gasteiger partial charge in [-0.25, -0.2) is 4.98 Å². The lowest BCUT2D eigenvalue weighted by atomic mass is 9.88. The summed E-state index contributed by atoms with van der Waals surface area (Å²) < 4.78 is 54.3. The molecular weight excluding hydrogens is 546 g/mol.